The van der Waals surface area contributed by atoms with Gasteiger partial charge in [-0.15, -0.1) is 0 Å². The molecule has 0 saturated carbocycles. The van der Waals surface area contributed by atoms with Crippen LogP contribution in [0.25, 0.3) is 0 Å². The average molecular weight is 256 g/mol. The monoisotopic (exact) mass is 256 g/mol. The molecule has 1 fully saturated rings. The Labute approximate surface area is 104 Å². The highest BCUT2D eigenvalue weighted by Gasteiger charge is 2.20. The number of nitrogens with one attached hydrogen (secondary N) is 1. The molecule has 1 aliphatic heterocycles. The Bertz CT molecular complexity index is 363. The van der Waals surface area contributed by atoms with Crippen LogP contribution in [0.3, 0.4) is 0 Å². The van der Waals surface area contributed by atoms with E-state index < -0.39 is 5.97 Å². The van der Waals surface area contributed by atoms with Crippen LogP contribution in [0.4, 0.5) is 0 Å². The molecule has 0 spiro atoms. The van der Waals surface area contributed by atoms with Crippen LogP contribution in [-0.2, 0) is 4.79 Å². The maximum atomic E-state index is 10.1. The van der Waals surface area contributed by atoms with Crippen molar-refractivity contribution in [2.45, 2.75) is 18.9 Å². The van der Waals surface area contributed by atoms with Gasteiger partial charge in [-0.3, -0.25) is 4.79 Å². The number of ether oxygens (including phenoxy) is 2. The van der Waals surface area contributed by atoms with Crippen molar-refractivity contribution in [2.24, 2.45) is 0 Å². The number of carboxylic acids is 1. The Hall–Kier alpha value is -1.96. The summed E-state index contributed by atoms with van der Waals surface area (Å²) >= 11 is 0. The Morgan fingerprint density at radius 2 is 2.00 bits per heavy atom. The van der Waals surface area contributed by atoms with Gasteiger partial charge in [-0.1, -0.05) is 10.2 Å². The first-order valence-electron chi connectivity index (χ1n) is 5.42. The lowest BCUT2D eigenvalue weighted by Crippen LogP contribution is -2.29. The largest absolute Gasteiger partial charge is 0.480 e. The second kappa shape index (κ2) is 7.38. The van der Waals surface area contributed by atoms with Crippen molar-refractivity contribution in [2.75, 3.05) is 20.8 Å². The quantitative estimate of drug-likeness (QED) is 0.760. The van der Waals surface area contributed by atoms with Crippen molar-refractivity contribution in [3.63, 3.8) is 0 Å². The van der Waals surface area contributed by atoms with E-state index in [1.165, 1.54) is 14.2 Å². The normalized spacial score (nSPS) is 17.6. The van der Waals surface area contributed by atoms with Gasteiger partial charge in [0, 0.05) is 0 Å². The number of hydrogen-bond donors (Lipinski definition) is 2. The predicted molar refractivity (Wildman–Crippen MR) is 61.6 cm³/mol. The van der Waals surface area contributed by atoms with Crippen molar-refractivity contribution in [3.05, 3.63) is 6.07 Å². The summed E-state index contributed by atoms with van der Waals surface area (Å²) in [5.74, 6) is 0.0706. The molecule has 2 rings (SSSR count). The summed E-state index contributed by atoms with van der Waals surface area (Å²) < 4.78 is 9.53. The van der Waals surface area contributed by atoms with Crippen LogP contribution >= 0.6 is 0 Å². The predicted octanol–water partition coefficient (Wildman–Crippen LogP) is -0.288. The zero-order valence-electron chi connectivity index (χ0n) is 10.3. The van der Waals surface area contributed by atoms with Crippen molar-refractivity contribution in [3.8, 4) is 11.8 Å². The fourth-order valence-corrected chi connectivity index (χ4v) is 1.37. The van der Waals surface area contributed by atoms with Gasteiger partial charge in [0.05, 0.1) is 20.3 Å². The maximum absolute atomic E-state index is 10.1. The van der Waals surface area contributed by atoms with E-state index in [4.69, 9.17) is 14.6 Å². The Balaban J connectivity index is 0.000000184. The number of rotatable bonds is 3. The van der Waals surface area contributed by atoms with Crippen molar-refractivity contribution in [1.29, 1.82) is 0 Å². The number of carbonyl (C=O) groups is 1. The number of hydrogen-bond acceptors (Lipinski definition) is 7. The summed E-state index contributed by atoms with van der Waals surface area (Å²) in [5.41, 5.74) is 0. The molecule has 8 heteroatoms. The summed E-state index contributed by atoms with van der Waals surface area (Å²) in [6.45, 7) is 0.858. The summed E-state index contributed by atoms with van der Waals surface area (Å²) in [4.78, 5) is 10.1. The summed E-state index contributed by atoms with van der Waals surface area (Å²) in [7, 11) is 3.01. The third-order valence-corrected chi connectivity index (χ3v) is 2.31. The summed E-state index contributed by atoms with van der Waals surface area (Å²) in [5, 5.41) is 21.7. The van der Waals surface area contributed by atoms with E-state index in [0.717, 1.165) is 19.4 Å². The Morgan fingerprint density at radius 3 is 2.33 bits per heavy atom. The van der Waals surface area contributed by atoms with E-state index in [1.807, 2.05) is 0 Å². The molecule has 8 nitrogen and oxygen atoms in total. The third kappa shape index (κ3) is 4.50. The van der Waals surface area contributed by atoms with E-state index in [1.54, 1.807) is 6.07 Å². The van der Waals surface area contributed by atoms with Crippen LogP contribution < -0.4 is 14.8 Å². The van der Waals surface area contributed by atoms with Gasteiger partial charge < -0.3 is 19.9 Å². The van der Waals surface area contributed by atoms with E-state index in [2.05, 4.69) is 20.7 Å². The van der Waals surface area contributed by atoms with Gasteiger partial charge in [-0.05, 0) is 24.6 Å². The molecule has 1 aromatic rings. The molecular weight excluding hydrogens is 240 g/mol. The second-order valence-corrected chi connectivity index (χ2v) is 3.51. The minimum atomic E-state index is -0.720. The second-order valence-electron chi connectivity index (χ2n) is 3.51. The van der Waals surface area contributed by atoms with Gasteiger partial charge >= 0.3 is 5.97 Å². The number of methoxy groups -OCH3 is 2. The molecule has 1 saturated heterocycles. The van der Waals surface area contributed by atoms with Gasteiger partial charge in [-0.25, -0.2) is 0 Å². The fourth-order valence-electron chi connectivity index (χ4n) is 1.37. The van der Waals surface area contributed by atoms with Crippen LogP contribution in [0.2, 0.25) is 0 Å². The molecule has 0 aliphatic carbocycles. The first kappa shape index (κ1) is 14.1. The minimum absolute atomic E-state index is 0.269. The van der Waals surface area contributed by atoms with E-state index in [-0.39, 0.29) is 6.04 Å². The van der Waals surface area contributed by atoms with Crippen LogP contribution in [-0.4, -0.2) is 53.3 Å². The third-order valence-electron chi connectivity index (χ3n) is 2.31. The molecule has 0 unspecified atom stereocenters. The molecule has 1 atom stereocenters. The van der Waals surface area contributed by atoms with E-state index in [9.17, 15) is 4.79 Å². The summed E-state index contributed by atoms with van der Waals surface area (Å²) in [6, 6.07) is 1.28. The molecule has 0 amide bonds. The van der Waals surface area contributed by atoms with Crippen molar-refractivity contribution >= 4 is 5.97 Å². The van der Waals surface area contributed by atoms with Crippen LogP contribution in [0.1, 0.15) is 12.8 Å². The molecule has 1 aromatic heterocycles. The molecule has 100 valence electrons. The van der Waals surface area contributed by atoms with Gasteiger partial charge in [0.2, 0.25) is 11.8 Å². The molecular formula is C10H16N4O4. The topological polar surface area (TPSA) is 106 Å². The van der Waals surface area contributed by atoms with Crippen molar-refractivity contribution < 1.29 is 19.4 Å². The lowest BCUT2D eigenvalue weighted by molar-refractivity contribution is -0.139. The molecule has 1 aliphatic rings. The highest BCUT2D eigenvalue weighted by Crippen LogP contribution is 2.09. The fraction of sp³-hybridized carbons (Fsp3) is 0.600. The first-order valence-corrected chi connectivity index (χ1v) is 5.42. The highest BCUT2D eigenvalue weighted by molar-refractivity contribution is 5.73. The van der Waals surface area contributed by atoms with Gasteiger partial charge in [0.15, 0.2) is 0 Å². The smallest absolute Gasteiger partial charge is 0.320 e. The number of aliphatic carboxylic acids is 1. The first-order chi connectivity index (χ1) is 8.67. The van der Waals surface area contributed by atoms with Gasteiger partial charge in [-0.2, -0.15) is 0 Å². The van der Waals surface area contributed by atoms with Gasteiger partial charge in [0.1, 0.15) is 6.04 Å². The molecule has 0 radical (unpaired) electrons. The zero-order chi connectivity index (χ0) is 13.4. The van der Waals surface area contributed by atoms with Crippen molar-refractivity contribution in [1.82, 2.24) is 20.7 Å². The molecule has 18 heavy (non-hydrogen) atoms. The summed E-state index contributed by atoms with van der Waals surface area (Å²) in [6.07, 6.45) is 1.78. The Kier molecular flexibility index (Phi) is 5.78. The lowest BCUT2D eigenvalue weighted by atomic mass is 10.2. The molecule has 0 bridgehead atoms. The van der Waals surface area contributed by atoms with E-state index in [0.29, 0.717) is 11.8 Å². The van der Waals surface area contributed by atoms with Gasteiger partial charge in [0.25, 0.3) is 0 Å². The lowest BCUT2D eigenvalue weighted by Gasteiger charge is -1.99. The SMILES string of the molecule is COc1cc(OC)nnn1.O=C(O)[C@@H]1CCCN1. The average Bonchev–Trinajstić information content (AvgIpc) is 2.93. The number of carboxylic acid groups (broad SMARTS) is 1. The highest BCUT2D eigenvalue weighted by atomic mass is 16.5. The minimum Gasteiger partial charge on any atom is -0.480 e. The maximum Gasteiger partial charge on any atom is 0.320 e. The van der Waals surface area contributed by atoms with E-state index >= 15 is 0 Å². The molecule has 2 N–H and O–H groups in total. The van der Waals surface area contributed by atoms with Crippen LogP contribution in [0.5, 0.6) is 11.8 Å². The molecule has 2 heterocycles. The number of nitrogens with zero attached hydrogens (tertiary/aromatic N) is 3. The zero-order valence-corrected chi connectivity index (χ0v) is 10.3. The molecule has 0 aromatic carbocycles. The standard InChI is InChI=1S/C5H7N3O2.C5H9NO2/c1-9-4-3-5(10-2)7-8-6-4;7-5(8)4-2-1-3-6-4/h3H,1-2H3;4,6H,1-3H2,(H,7,8)/t;4-/m.0/s1. The van der Waals surface area contributed by atoms with Crippen LogP contribution in [0.15, 0.2) is 6.07 Å². The number of aromatic nitrogens is 3. The van der Waals surface area contributed by atoms with Crippen LogP contribution in [0, 0.1) is 0 Å². The Morgan fingerprint density at radius 1 is 1.39 bits per heavy atom.